The molecule has 1 N–H and O–H groups in total. The molecule has 9 nitrogen and oxygen atoms in total. The number of hydrogen-bond donors (Lipinski definition) is 1. The number of amides is 1. The topological polar surface area (TPSA) is 84.6 Å². The molecular weight excluding hydrogens is 605 g/mol. The van der Waals surface area contributed by atoms with Gasteiger partial charge in [-0.1, -0.05) is 17.9 Å². The number of carbonyl (C=O) groups is 2. The van der Waals surface area contributed by atoms with E-state index in [-0.39, 0.29) is 17.3 Å². The second kappa shape index (κ2) is 12.2. The first kappa shape index (κ1) is 31.4. The lowest BCUT2D eigenvalue weighted by atomic mass is 10.0. The number of nitrogens with zero attached hydrogens (tertiary/aromatic N) is 6. The third-order valence-electron chi connectivity index (χ3n) is 7.61. The van der Waals surface area contributed by atoms with Crippen LogP contribution < -0.4 is 14.7 Å². The van der Waals surface area contributed by atoms with Crippen molar-refractivity contribution in [3.05, 3.63) is 88.9 Å². The molecule has 2 aliphatic rings. The van der Waals surface area contributed by atoms with E-state index in [0.717, 1.165) is 22.9 Å². The number of rotatable bonds is 5. The summed E-state index contributed by atoms with van der Waals surface area (Å²) in [7, 11) is 0. The Morgan fingerprint density at radius 1 is 1.02 bits per heavy atom. The fourth-order valence-corrected chi connectivity index (χ4v) is 5.78. The summed E-state index contributed by atoms with van der Waals surface area (Å²) in [5.41, 5.74) is -0.998. The van der Waals surface area contributed by atoms with Gasteiger partial charge in [0.1, 0.15) is 11.4 Å². The lowest BCUT2D eigenvalue weighted by Crippen LogP contribution is -2.48. The smallest absolute Gasteiger partial charge is 0.407 e. The van der Waals surface area contributed by atoms with Crippen molar-refractivity contribution < 1.29 is 27.9 Å². The van der Waals surface area contributed by atoms with E-state index >= 15 is 0 Å². The molecule has 0 atom stereocenters. The molecule has 0 unspecified atom stereocenters. The van der Waals surface area contributed by atoms with Gasteiger partial charge in [-0.3, -0.25) is 19.4 Å². The summed E-state index contributed by atoms with van der Waals surface area (Å²) in [4.78, 5) is 38.5. The lowest BCUT2D eigenvalue weighted by molar-refractivity contribution is -0.138. The highest BCUT2D eigenvalue weighted by Gasteiger charge is 2.50. The van der Waals surface area contributed by atoms with Crippen LogP contribution in [-0.2, 0) is 15.8 Å². The van der Waals surface area contributed by atoms with Gasteiger partial charge in [-0.25, -0.2) is 9.83 Å². The molecular formula is C32H27F3N6O3S. The standard InChI is InChI=1S/C32H27F3N6O3S/c1-31(2)29(44)40(24-11-12-26(36-3)25(18-24)32(33,34)35)30(45)41(31)23-9-6-21(7-10-23)4-5-22-8-13-27(37-19-22)39-16-14-38(15-17-39)20-28(42)43/h6-13,18-19H,14-17,20H2,1-2H3,(H,42,43). The average Bonchev–Trinajstić information content (AvgIpc) is 3.18. The van der Waals surface area contributed by atoms with Gasteiger partial charge >= 0.3 is 12.1 Å². The van der Waals surface area contributed by atoms with Gasteiger partial charge in [-0.05, 0) is 74.6 Å². The fraction of sp³-hybridized carbons (Fsp3) is 0.281. The van der Waals surface area contributed by atoms with Crippen molar-refractivity contribution in [3.8, 4) is 11.8 Å². The first-order chi connectivity index (χ1) is 21.3. The third kappa shape index (κ3) is 6.45. The summed E-state index contributed by atoms with van der Waals surface area (Å²) in [6.07, 6.45) is -3.09. The van der Waals surface area contributed by atoms with Gasteiger partial charge < -0.3 is 14.9 Å². The van der Waals surface area contributed by atoms with Gasteiger partial charge in [-0.15, -0.1) is 0 Å². The Labute approximate surface area is 263 Å². The molecule has 0 aliphatic carbocycles. The van der Waals surface area contributed by atoms with E-state index in [1.54, 1.807) is 49.2 Å². The lowest BCUT2D eigenvalue weighted by Gasteiger charge is -2.34. The minimum absolute atomic E-state index is 0.0157. The largest absolute Gasteiger partial charge is 0.480 e. The van der Waals surface area contributed by atoms with Crippen molar-refractivity contribution in [2.45, 2.75) is 25.6 Å². The van der Waals surface area contributed by atoms with E-state index in [9.17, 15) is 22.8 Å². The number of alkyl halides is 3. The Hall–Kier alpha value is -4.98. The van der Waals surface area contributed by atoms with Crippen LogP contribution in [0.1, 0.15) is 30.5 Å². The number of carboxylic acid groups (broad SMARTS) is 1. The van der Waals surface area contributed by atoms with Gasteiger partial charge in [0.05, 0.1) is 18.7 Å². The highest BCUT2D eigenvalue weighted by molar-refractivity contribution is 7.81. The molecule has 0 saturated carbocycles. The van der Waals surface area contributed by atoms with Crippen LogP contribution in [0.4, 0.5) is 36.1 Å². The van der Waals surface area contributed by atoms with Crippen LogP contribution in [0.15, 0.2) is 60.8 Å². The van der Waals surface area contributed by atoms with Crippen LogP contribution in [-0.4, -0.2) is 70.2 Å². The zero-order valence-electron chi connectivity index (χ0n) is 24.3. The SMILES string of the molecule is [C-]#[N+]c1ccc(N2C(=O)C(C)(C)N(c3ccc(C#Cc4ccc(N5CCN(CC(=O)O)CC5)nc4)cc3)C2=S)cc1C(F)(F)F. The van der Waals surface area contributed by atoms with Crippen LogP contribution in [0.2, 0.25) is 0 Å². The molecule has 3 heterocycles. The quantitative estimate of drug-likeness (QED) is 0.234. The number of hydrogen-bond acceptors (Lipinski definition) is 6. The van der Waals surface area contributed by atoms with E-state index in [1.165, 1.54) is 6.07 Å². The van der Waals surface area contributed by atoms with Crippen LogP contribution in [0.3, 0.4) is 0 Å². The molecule has 0 spiro atoms. The Morgan fingerprint density at radius 3 is 2.22 bits per heavy atom. The Balaban J connectivity index is 1.29. The van der Waals surface area contributed by atoms with Crippen molar-refractivity contribution in [2.75, 3.05) is 47.4 Å². The molecule has 2 aliphatic heterocycles. The minimum atomic E-state index is -4.77. The zero-order chi connectivity index (χ0) is 32.5. The molecule has 2 saturated heterocycles. The second-order valence-electron chi connectivity index (χ2n) is 11.0. The molecule has 1 aromatic heterocycles. The van der Waals surface area contributed by atoms with Crippen molar-refractivity contribution in [1.82, 2.24) is 9.88 Å². The fourth-order valence-electron chi connectivity index (χ4n) is 5.26. The molecule has 5 rings (SSSR count). The number of benzene rings is 2. The summed E-state index contributed by atoms with van der Waals surface area (Å²) >= 11 is 5.60. The van der Waals surface area contributed by atoms with E-state index in [1.807, 2.05) is 17.0 Å². The summed E-state index contributed by atoms with van der Waals surface area (Å²) in [5.74, 6) is 5.62. The number of thiocarbonyl (C=S) groups is 1. The monoisotopic (exact) mass is 632 g/mol. The Bertz CT molecular complexity index is 1750. The Morgan fingerprint density at radius 2 is 1.64 bits per heavy atom. The summed E-state index contributed by atoms with van der Waals surface area (Å²) in [6.45, 7) is 13.0. The maximum absolute atomic E-state index is 13.6. The third-order valence-corrected chi connectivity index (χ3v) is 7.98. The first-order valence-corrected chi connectivity index (χ1v) is 14.2. The predicted molar refractivity (Wildman–Crippen MR) is 167 cm³/mol. The number of aromatic nitrogens is 1. The predicted octanol–water partition coefficient (Wildman–Crippen LogP) is 5.17. The maximum atomic E-state index is 13.6. The van der Waals surface area contributed by atoms with Gasteiger partial charge in [-0.2, -0.15) is 13.2 Å². The highest BCUT2D eigenvalue weighted by atomic mass is 32.1. The summed E-state index contributed by atoms with van der Waals surface area (Å²) in [5, 5.41) is 8.98. The molecule has 0 bridgehead atoms. The number of anilines is 3. The number of pyridine rings is 1. The van der Waals surface area contributed by atoms with Gasteiger partial charge in [0.15, 0.2) is 10.8 Å². The summed E-state index contributed by atoms with van der Waals surface area (Å²) < 4.78 is 40.8. The molecule has 1 amide bonds. The molecule has 2 aromatic carbocycles. The van der Waals surface area contributed by atoms with E-state index in [4.69, 9.17) is 23.9 Å². The van der Waals surface area contributed by atoms with Crippen LogP contribution >= 0.6 is 12.2 Å². The van der Waals surface area contributed by atoms with Crippen molar-refractivity contribution in [1.29, 1.82) is 0 Å². The highest BCUT2D eigenvalue weighted by Crippen LogP contribution is 2.42. The van der Waals surface area contributed by atoms with Gasteiger partial charge in [0, 0.05) is 54.9 Å². The van der Waals surface area contributed by atoms with E-state index in [2.05, 4.69) is 26.6 Å². The van der Waals surface area contributed by atoms with Crippen molar-refractivity contribution in [3.63, 3.8) is 0 Å². The maximum Gasteiger partial charge on any atom is 0.407 e. The average molecular weight is 633 g/mol. The van der Waals surface area contributed by atoms with Crippen molar-refractivity contribution in [2.24, 2.45) is 0 Å². The number of carboxylic acids is 1. The molecule has 13 heteroatoms. The van der Waals surface area contributed by atoms with E-state index < -0.39 is 34.8 Å². The number of aliphatic carboxylic acids is 1. The normalized spacial score (nSPS) is 16.8. The van der Waals surface area contributed by atoms with Crippen LogP contribution in [0.5, 0.6) is 0 Å². The summed E-state index contributed by atoms with van der Waals surface area (Å²) in [6, 6.07) is 13.9. The molecule has 45 heavy (non-hydrogen) atoms. The number of carbonyl (C=O) groups excluding carboxylic acids is 1. The van der Waals surface area contributed by atoms with Crippen LogP contribution in [0, 0.1) is 18.4 Å². The number of halogens is 3. The molecule has 230 valence electrons. The zero-order valence-corrected chi connectivity index (χ0v) is 25.1. The molecule has 2 fully saturated rings. The minimum Gasteiger partial charge on any atom is -0.480 e. The Kier molecular flexibility index (Phi) is 8.52. The van der Waals surface area contributed by atoms with Crippen molar-refractivity contribution >= 4 is 52.1 Å². The molecule has 3 aromatic rings. The van der Waals surface area contributed by atoms with Crippen LogP contribution in [0.25, 0.3) is 4.85 Å². The van der Waals surface area contributed by atoms with Gasteiger partial charge in [0.25, 0.3) is 5.91 Å². The van der Waals surface area contributed by atoms with E-state index in [0.29, 0.717) is 43.0 Å². The van der Waals surface area contributed by atoms with Gasteiger partial charge in [0.2, 0.25) is 0 Å². The molecule has 0 radical (unpaired) electrons. The number of piperazine rings is 1. The second-order valence-corrected chi connectivity index (χ2v) is 11.4. The first-order valence-electron chi connectivity index (χ1n) is 13.8.